The largest absolute Gasteiger partial charge is 0.467 e. The van der Waals surface area contributed by atoms with Gasteiger partial charge in [0.25, 0.3) is 0 Å². The van der Waals surface area contributed by atoms with Gasteiger partial charge in [-0.2, -0.15) is 0 Å². The van der Waals surface area contributed by atoms with Gasteiger partial charge in [-0.3, -0.25) is 9.59 Å². The predicted molar refractivity (Wildman–Crippen MR) is 86.7 cm³/mol. The van der Waals surface area contributed by atoms with Gasteiger partial charge in [0.15, 0.2) is 0 Å². The van der Waals surface area contributed by atoms with E-state index in [9.17, 15) is 9.59 Å². The zero-order valence-electron chi connectivity index (χ0n) is 13.1. The van der Waals surface area contributed by atoms with Crippen molar-refractivity contribution in [3.63, 3.8) is 0 Å². The number of amides is 2. The normalized spacial score (nSPS) is 15.0. The molecule has 0 aliphatic heterocycles. The molecule has 2 amide bonds. The maximum atomic E-state index is 12.5. The number of furan rings is 1. The number of rotatable bonds is 6. The van der Waals surface area contributed by atoms with Crippen LogP contribution in [0, 0.1) is 5.41 Å². The van der Waals surface area contributed by atoms with E-state index in [1.165, 1.54) is 5.56 Å². The van der Waals surface area contributed by atoms with Gasteiger partial charge in [0.05, 0.1) is 12.8 Å². The van der Waals surface area contributed by atoms with Crippen LogP contribution in [-0.2, 0) is 22.6 Å². The molecule has 120 valence electrons. The van der Waals surface area contributed by atoms with Crippen LogP contribution < -0.4 is 10.6 Å². The zero-order valence-corrected chi connectivity index (χ0v) is 13.1. The van der Waals surface area contributed by atoms with Crippen LogP contribution in [0.3, 0.4) is 0 Å². The number of aryl methyl sites for hydroxylation is 1. The summed E-state index contributed by atoms with van der Waals surface area (Å²) >= 11 is 0. The van der Waals surface area contributed by atoms with Crippen molar-refractivity contribution < 1.29 is 14.0 Å². The topological polar surface area (TPSA) is 71.3 Å². The SMILES string of the molecule is CCc1ccc(NC(=O)C2(C(=O)NCc3ccco3)CC2)cc1. The van der Waals surface area contributed by atoms with Gasteiger partial charge in [-0.25, -0.2) is 0 Å². The summed E-state index contributed by atoms with van der Waals surface area (Å²) in [5.41, 5.74) is 0.994. The Morgan fingerprint density at radius 2 is 1.87 bits per heavy atom. The fourth-order valence-electron chi connectivity index (χ4n) is 2.51. The lowest BCUT2D eigenvalue weighted by Crippen LogP contribution is -2.39. The van der Waals surface area contributed by atoms with Gasteiger partial charge in [0.2, 0.25) is 11.8 Å². The third-order valence-corrected chi connectivity index (χ3v) is 4.24. The molecule has 1 aliphatic carbocycles. The Labute approximate surface area is 135 Å². The van der Waals surface area contributed by atoms with Gasteiger partial charge < -0.3 is 15.1 Å². The van der Waals surface area contributed by atoms with Crippen LogP contribution in [0.4, 0.5) is 5.69 Å². The predicted octanol–water partition coefficient (Wildman–Crippen LogP) is 2.88. The van der Waals surface area contributed by atoms with Crippen molar-refractivity contribution >= 4 is 17.5 Å². The highest BCUT2D eigenvalue weighted by molar-refractivity contribution is 6.13. The molecule has 2 N–H and O–H groups in total. The van der Waals surface area contributed by atoms with E-state index in [1.807, 2.05) is 24.3 Å². The van der Waals surface area contributed by atoms with Crippen LogP contribution in [0.15, 0.2) is 47.1 Å². The summed E-state index contributed by atoms with van der Waals surface area (Å²) in [7, 11) is 0. The van der Waals surface area contributed by atoms with Crippen molar-refractivity contribution in [1.29, 1.82) is 0 Å². The molecule has 0 saturated heterocycles. The van der Waals surface area contributed by atoms with Gasteiger partial charge in [-0.1, -0.05) is 19.1 Å². The molecule has 1 aliphatic rings. The van der Waals surface area contributed by atoms with E-state index in [2.05, 4.69) is 17.6 Å². The van der Waals surface area contributed by atoms with E-state index in [-0.39, 0.29) is 11.8 Å². The Kier molecular flexibility index (Phi) is 4.19. The van der Waals surface area contributed by atoms with Crippen molar-refractivity contribution in [2.45, 2.75) is 32.7 Å². The van der Waals surface area contributed by atoms with Crippen LogP contribution in [0.1, 0.15) is 31.1 Å². The molecule has 0 bridgehead atoms. The first-order valence-electron chi connectivity index (χ1n) is 7.85. The average Bonchev–Trinajstić information content (AvgIpc) is 3.23. The summed E-state index contributed by atoms with van der Waals surface area (Å²) in [6, 6.07) is 11.2. The van der Waals surface area contributed by atoms with E-state index < -0.39 is 5.41 Å². The quantitative estimate of drug-likeness (QED) is 0.806. The van der Waals surface area contributed by atoms with Crippen LogP contribution >= 0.6 is 0 Å². The maximum absolute atomic E-state index is 12.5. The van der Waals surface area contributed by atoms with E-state index in [0.717, 1.165) is 12.1 Å². The molecular weight excluding hydrogens is 292 g/mol. The highest BCUT2D eigenvalue weighted by Crippen LogP contribution is 2.46. The van der Waals surface area contributed by atoms with E-state index in [1.54, 1.807) is 18.4 Å². The molecule has 1 saturated carbocycles. The van der Waals surface area contributed by atoms with Gasteiger partial charge in [-0.15, -0.1) is 0 Å². The van der Waals surface area contributed by atoms with E-state index in [4.69, 9.17) is 4.42 Å². The molecule has 2 aromatic rings. The minimum Gasteiger partial charge on any atom is -0.467 e. The molecule has 23 heavy (non-hydrogen) atoms. The van der Waals surface area contributed by atoms with Gasteiger partial charge >= 0.3 is 0 Å². The molecule has 0 atom stereocenters. The lowest BCUT2D eigenvalue weighted by molar-refractivity contribution is -0.134. The molecule has 5 nitrogen and oxygen atoms in total. The zero-order chi connectivity index (χ0) is 16.3. The second kappa shape index (κ2) is 6.28. The second-order valence-corrected chi connectivity index (χ2v) is 5.85. The molecule has 0 radical (unpaired) electrons. The number of nitrogens with one attached hydrogen (secondary N) is 2. The van der Waals surface area contributed by atoms with Crippen molar-refractivity contribution in [2.75, 3.05) is 5.32 Å². The molecule has 3 rings (SSSR count). The molecule has 0 unspecified atom stereocenters. The lowest BCUT2D eigenvalue weighted by atomic mass is 10.0. The van der Waals surface area contributed by atoms with Gasteiger partial charge in [0.1, 0.15) is 11.2 Å². The Hall–Kier alpha value is -2.56. The minimum absolute atomic E-state index is 0.237. The fourth-order valence-corrected chi connectivity index (χ4v) is 2.51. The van der Waals surface area contributed by atoms with Crippen molar-refractivity contribution in [3.8, 4) is 0 Å². The third-order valence-electron chi connectivity index (χ3n) is 4.24. The summed E-state index contributed by atoms with van der Waals surface area (Å²) in [6.45, 7) is 2.38. The number of benzene rings is 1. The molecule has 1 heterocycles. The molecule has 0 spiro atoms. The molecule has 1 aromatic heterocycles. The summed E-state index contributed by atoms with van der Waals surface area (Å²) in [5.74, 6) is 0.194. The standard InChI is InChI=1S/C18H20N2O3/c1-2-13-5-7-14(8-6-13)20-17(22)18(9-10-18)16(21)19-12-15-4-3-11-23-15/h3-8,11H,2,9-10,12H2,1H3,(H,19,21)(H,20,22). The van der Waals surface area contributed by atoms with Crippen LogP contribution in [0.5, 0.6) is 0 Å². The Morgan fingerprint density at radius 3 is 2.43 bits per heavy atom. The van der Waals surface area contributed by atoms with E-state index in [0.29, 0.717) is 25.1 Å². The third kappa shape index (κ3) is 3.28. The Balaban J connectivity index is 1.59. The maximum Gasteiger partial charge on any atom is 0.240 e. The van der Waals surface area contributed by atoms with Crippen molar-refractivity contribution in [1.82, 2.24) is 5.32 Å². The molecule has 1 fully saturated rings. The number of hydrogen-bond acceptors (Lipinski definition) is 3. The lowest BCUT2D eigenvalue weighted by Gasteiger charge is -2.15. The smallest absolute Gasteiger partial charge is 0.240 e. The first kappa shape index (κ1) is 15.3. The minimum atomic E-state index is -0.935. The molecule has 5 heteroatoms. The van der Waals surface area contributed by atoms with Crippen LogP contribution in [-0.4, -0.2) is 11.8 Å². The van der Waals surface area contributed by atoms with Gasteiger partial charge in [-0.05, 0) is 49.1 Å². The first-order chi connectivity index (χ1) is 11.1. The number of carbonyl (C=O) groups excluding carboxylic acids is 2. The number of hydrogen-bond donors (Lipinski definition) is 2. The number of carbonyl (C=O) groups is 2. The van der Waals surface area contributed by atoms with E-state index >= 15 is 0 Å². The summed E-state index contributed by atoms with van der Waals surface area (Å²) in [4.78, 5) is 24.8. The monoisotopic (exact) mass is 312 g/mol. The van der Waals surface area contributed by atoms with Crippen molar-refractivity contribution in [2.24, 2.45) is 5.41 Å². The Bertz CT molecular complexity index is 686. The molecule has 1 aromatic carbocycles. The summed E-state index contributed by atoms with van der Waals surface area (Å²) < 4.78 is 5.18. The highest BCUT2D eigenvalue weighted by atomic mass is 16.3. The average molecular weight is 312 g/mol. The summed E-state index contributed by atoms with van der Waals surface area (Å²) in [5, 5.41) is 5.63. The summed E-state index contributed by atoms with van der Waals surface area (Å²) in [6.07, 6.45) is 3.67. The van der Waals surface area contributed by atoms with Crippen molar-refractivity contribution in [3.05, 3.63) is 54.0 Å². The Morgan fingerprint density at radius 1 is 1.13 bits per heavy atom. The van der Waals surface area contributed by atoms with Crippen LogP contribution in [0.25, 0.3) is 0 Å². The number of anilines is 1. The van der Waals surface area contributed by atoms with Gasteiger partial charge in [0, 0.05) is 5.69 Å². The second-order valence-electron chi connectivity index (χ2n) is 5.85. The highest BCUT2D eigenvalue weighted by Gasteiger charge is 2.56. The molecular formula is C18H20N2O3. The van der Waals surface area contributed by atoms with Crippen LogP contribution in [0.2, 0.25) is 0 Å². The first-order valence-corrected chi connectivity index (χ1v) is 7.85. The fraction of sp³-hybridized carbons (Fsp3) is 0.333.